The molecule has 6 nitrogen and oxygen atoms in total. The Morgan fingerprint density at radius 3 is 2.57 bits per heavy atom. The molecule has 1 saturated carbocycles. The highest BCUT2D eigenvalue weighted by Crippen LogP contribution is 2.35. The molecule has 0 unspecified atom stereocenters. The summed E-state index contributed by atoms with van der Waals surface area (Å²) < 4.78 is 7.76. The van der Waals surface area contributed by atoms with Crippen LogP contribution >= 0.6 is 0 Å². The molecule has 6 heteroatoms. The monoisotopic (exact) mass is 390 g/mol. The second-order valence-electron chi connectivity index (χ2n) is 9.11. The van der Waals surface area contributed by atoms with Gasteiger partial charge in [-0.1, -0.05) is 0 Å². The van der Waals surface area contributed by atoms with Crippen molar-refractivity contribution in [2.24, 2.45) is 13.0 Å². The lowest BCUT2D eigenvalue weighted by Crippen LogP contribution is -2.36. The fourth-order valence-corrected chi connectivity index (χ4v) is 4.65. The third kappa shape index (κ3) is 5.80. The SMILES string of the molecule is CN(C)Cc1cc(C2CCC(CN(C)C(=O)C[C@@H]3CCCCO3)CC2)nn1C. The van der Waals surface area contributed by atoms with Crippen molar-refractivity contribution < 1.29 is 9.53 Å². The maximum atomic E-state index is 12.5. The Morgan fingerprint density at radius 2 is 1.93 bits per heavy atom. The van der Waals surface area contributed by atoms with Crippen LogP contribution in [-0.4, -0.2) is 65.9 Å². The largest absolute Gasteiger partial charge is 0.378 e. The molecule has 1 atom stereocenters. The summed E-state index contributed by atoms with van der Waals surface area (Å²) in [5.74, 6) is 1.42. The van der Waals surface area contributed by atoms with Crippen molar-refractivity contribution in [3.05, 3.63) is 17.5 Å². The van der Waals surface area contributed by atoms with E-state index in [2.05, 4.69) is 25.1 Å². The summed E-state index contributed by atoms with van der Waals surface area (Å²) in [5, 5.41) is 4.78. The highest BCUT2D eigenvalue weighted by Gasteiger charge is 2.27. The molecule has 1 amide bonds. The molecule has 158 valence electrons. The number of aromatic nitrogens is 2. The number of carbonyl (C=O) groups excluding carboxylic acids is 1. The Kier molecular flexibility index (Phi) is 7.52. The van der Waals surface area contributed by atoms with Crippen molar-refractivity contribution in [2.75, 3.05) is 34.3 Å². The van der Waals surface area contributed by atoms with Gasteiger partial charge in [0.05, 0.1) is 23.9 Å². The molecule has 1 aromatic heterocycles. The molecule has 28 heavy (non-hydrogen) atoms. The van der Waals surface area contributed by atoms with Crippen LogP contribution in [0.3, 0.4) is 0 Å². The van der Waals surface area contributed by atoms with Crippen LogP contribution in [0.1, 0.15) is 68.7 Å². The van der Waals surface area contributed by atoms with Crippen LogP contribution in [-0.2, 0) is 23.1 Å². The van der Waals surface area contributed by atoms with Gasteiger partial charge in [-0.25, -0.2) is 0 Å². The summed E-state index contributed by atoms with van der Waals surface area (Å²) in [6.07, 6.45) is 8.77. The van der Waals surface area contributed by atoms with Crippen LogP contribution in [0.4, 0.5) is 0 Å². The highest BCUT2D eigenvalue weighted by molar-refractivity contribution is 5.76. The summed E-state index contributed by atoms with van der Waals surface area (Å²) >= 11 is 0. The van der Waals surface area contributed by atoms with Gasteiger partial charge >= 0.3 is 0 Å². The van der Waals surface area contributed by atoms with E-state index in [9.17, 15) is 4.79 Å². The minimum absolute atomic E-state index is 0.139. The van der Waals surface area contributed by atoms with E-state index >= 15 is 0 Å². The van der Waals surface area contributed by atoms with E-state index in [1.54, 1.807) is 0 Å². The zero-order valence-corrected chi connectivity index (χ0v) is 18.2. The minimum atomic E-state index is 0.139. The van der Waals surface area contributed by atoms with Gasteiger partial charge in [0.1, 0.15) is 0 Å². The average Bonchev–Trinajstić information content (AvgIpc) is 3.03. The topological polar surface area (TPSA) is 50.6 Å². The summed E-state index contributed by atoms with van der Waals surface area (Å²) in [6, 6.07) is 2.28. The van der Waals surface area contributed by atoms with Crippen LogP contribution in [0.15, 0.2) is 6.07 Å². The number of hydrogen-bond donors (Lipinski definition) is 0. The third-order valence-electron chi connectivity index (χ3n) is 6.37. The van der Waals surface area contributed by atoms with Crippen LogP contribution in [0.5, 0.6) is 0 Å². The van der Waals surface area contributed by atoms with Gasteiger partial charge < -0.3 is 14.5 Å². The van der Waals surface area contributed by atoms with Gasteiger partial charge in [-0.3, -0.25) is 9.48 Å². The molecule has 0 radical (unpaired) electrons. The second kappa shape index (κ2) is 9.88. The zero-order chi connectivity index (χ0) is 20.1. The number of rotatable bonds is 7. The maximum absolute atomic E-state index is 12.5. The lowest BCUT2D eigenvalue weighted by Gasteiger charge is -2.31. The summed E-state index contributed by atoms with van der Waals surface area (Å²) in [6.45, 7) is 2.62. The zero-order valence-electron chi connectivity index (χ0n) is 18.2. The first kappa shape index (κ1) is 21.3. The van der Waals surface area contributed by atoms with E-state index in [1.165, 1.54) is 43.5 Å². The first-order chi connectivity index (χ1) is 13.4. The summed E-state index contributed by atoms with van der Waals surface area (Å²) in [5.41, 5.74) is 2.52. The van der Waals surface area contributed by atoms with Crippen molar-refractivity contribution >= 4 is 5.91 Å². The van der Waals surface area contributed by atoms with Gasteiger partial charge in [-0.2, -0.15) is 5.10 Å². The number of carbonyl (C=O) groups is 1. The molecule has 2 fully saturated rings. The van der Waals surface area contributed by atoms with Gasteiger partial charge in [0, 0.05) is 39.7 Å². The molecule has 2 heterocycles. The number of amides is 1. The molecular weight excluding hydrogens is 352 g/mol. The maximum Gasteiger partial charge on any atom is 0.224 e. The predicted octanol–water partition coefficient (Wildman–Crippen LogP) is 3.17. The predicted molar refractivity (Wildman–Crippen MR) is 111 cm³/mol. The summed E-state index contributed by atoms with van der Waals surface area (Å²) in [7, 11) is 8.19. The fraction of sp³-hybridized carbons (Fsp3) is 0.818. The van der Waals surface area contributed by atoms with Gasteiger partial charge in [-0.05, 0) is 71.0 Å². The number of hydrogen-bond acceptors (Lipinski definition) is 4. The van der Waals surface area contributed by atoms with E-state index < -0.39 is 0 Å². The van der Waals surface area contributed by atoms with Crippen LogP contribution in [0.2, 0.25) is 0 Å². The molecule has 2 aliphatic rings. The normalized spacial score (nSPS) is 25.8. The Bertz CT molecular complexity index is 628. The van der Waals surface area contributed by atoms with Crippen molar-refractivity contribution in [3.8, 4) is 0 Å². The Hall–Kier alpha value is -1.40. The molecule has 0 N–H and O–H groups in total. The van der Waals surface area contributed by atoms with E-state index in [0.717, 1.165) is 32.5 Å². The molecule has 1 aliphatic carbocycles. The lowest BCUT2D eigenvalue weighted by molar-refractivity contribution is -0.134. The standard InChI is InChI=1S/C22H38N4O2/c1-24(2)16-19-13-21(23-26(19)4)18-10-8-17(9-11-18)15-25(3)22(27)14-20-7-5-6-12-28-20/h13,17-18,20H,5-12,14-16H2,1-4H3/t17?,18?,20-/m0/s1. The quantitative estimate of drug-likeness (QED) is 0.718. The van der Waals surface area contributed by atoms with E-state index in [1.807, 2.05) is 23.7 Å². The molecule has 1 aromatic rings. The Labute approximate surface area is 170 Å². The van der Waals surface area contributed by atoms with Crippen molar-refractivity contribution in [3.63, 3.8) is 0 Å². The van der Waals surface area contributed by atoms with E-state index in [4.69, 9.17) is 9.84 Å². The highest BCUT2D eigenvalue weighted by atomic mass is 16.5. The smallest absolute Gasteiger partial charge is 0.224 e. The molecule has 3 rings (SSSR count). The molecule has 0 bridgehead atoms. The number of ether oxygens (including phenoxy) is 1. The van der Waals surface area contributed by atoms with E-state index in [0.29, 0.717) is 18.3 Å². The fourth-order valence-electron chi connectivity index (χ4n) is 4.65. The second-order valence-corrected chi connectivity index (χ2v) is 9.11. The molecule has 1 saturated heterocycles. The molecule has 0 aromatic carbocycles. The van der Waals surface area contributed by atoms with Gasteiger partial charge in [0.2, 0.25) is 5.91 Å². The van der Waals surface area contributed by atoms with E-state index in [-0.39, 0.29) is 12.0 Å². The first-order valence-electron chi connectivity index (χ1n) is 11.0. The van der Waals surface area contributed by atoms with Crippen molar-refractivity contribution in [2.45, 2.75) is 69.9 Å². The van der Waals surface area contributed by atoms with Crippen molar-refractivity contribution in [1.29, 1.82) is 0 Å². The van der Waals surface area contributed by atoms with Crippen molar-refractivity contribution in [1.82, 2.24) is 19.6 Å². The lowest BCUT2D eigenvalue weighted by atomic mass is 9.80. The average molecular weight is 391 g/mol. The van der Waals surface area contributed by atoms with Crippen LogP contribution < -0.4 is 0 Å². The van der Waals surface area contributed by atoms with Crippen LogP contribution in [0.25, 0.3) is 0 Å². The Morgan fingerprint density at radius 1 is 1.18 bits per heavy atom. The van der Waals surface area contributed by atoms with Gasteiger partial charge in [-0.15, -0.1) is 0 Å². The number of nitrogens with zero attached hydrogens (tertiary/aromatic N) is 4. The number of aryl methyl sites for hydroxylation is 1. The summed E-state index contributed by atoms with van der Waals surface area (Å²) in [4.78, 5) is 16.7. The Balaban J connectivity index is 1.44. The first-order valence-corrected chi connectivity index (χ1v) is 11.0. The third-order valence-corrected chi connectivity index (χ3v) is 6.37. The van der Waals surface area contributed by atoms with Crippen LogP contribution in [0, 0.1) is 5.92 Å². The van der Waals surface area contributed by atoms with Gasteiger partial charge in [0.15, 0.2) is 0 Å². The molecule has 1 aliphatic heterocycles. The molecular formula is C22H38N4O2. The van der Waals surface area contributed by atoms with Gasteiger partial charge in [0.25, 0.3) is 0 Å². The molecule has 0 spiro atoms. The minimum Gasteiger partial charge on any atom is -0.378 e.